The third-order valence-electron chi connectivity index (χ3n) is 3.57. The fourth-order valence-electron chi connectivity index (χ4n) is 2.40. The molecule has 0 atom stereocenters. The normalized spacial score (nSPS) is 15.5. The van der Waals surface area contributed by atoms with Gasteiger partial charge in [-0.25, -0.2) is 8.42 Å². The maximum atomic E-state index is 12.4. The van der Waals surface area contributed by atoms with Crippen LogP contribution in [0.3, 0.4) is 0 Å². The van der Waals surface area contributed by atoms with Crippen LogP contribution in [0.2, 0.25) is 0 Å². The van der Waals surface area contributed by atoms with Gasteiger partial charge in [-0.1, -0.05) is 18.2 Å². The fraction of sp³-hybridized carbons (Fsp3) is 0.188. The highest BCUT2D eigenvalue weighted by atomic mass is 32.2. The van der Waals surface area contributed by atoms with Crippen LogP contribution in [0.25, 0.3) is 0 Å². The highest BCUT2D eigenvalue weighted by Crippen LogP contribution is 2.21. The summed E-state index contributed by atoms with van der Waals surface area (Å²) >= 11 is 0. The van der Waals surface area contributed by atoms with Crippen molar-refractivity contribution in [3.05, 3.63) is 54.6 Å². The molecule has 1 fully saturated rings. The molecule has 1 aliphatic rings. The van der Waals surface area contributed by atoms with E-state index in [9.17, 15) is 13.2 Å². The van der Waals surface area contributed by atoms with Crippen molar-refractivity contribution >= 4 is 27.3 Å². The Morgan fingerprint density at radius 3 is 2.35 bits per heavy atom. The smallest absolute Gasteiger partial charge is 0.261 e. The number of amides is 1. The van der Waals surface area contributed by atoms with Gasteiger partial charge in [-0.3, -0.25) is 9.52 Å². The Kier molecular flexibility index (Phi) is 4.31. The summed E-state index contributed by atoms with van der Waals surface area (Å²) < 4.78 is 27.2. The van der Waals surface area contributed by atoms with Crippen LogP contribution in [0.5, 0.6) is 0 Å². The first-order chi connectivity index (χ1) is 11.1. The van der Waals surface area contributed by atoms with E-state index >= 15 is 0 Å². The third-order valence-corrected chi connectivity index (χ3v) is 4.97. The summed E-state index contributed by atoms with van der Waals surface area (Å²) in [7, 11) is -3.64. The molecule has 0 bridgehead atoms. The lowest BCUT2D eigenvalue weighted by molar-refractivity contribution is -0.118. The van der Waals surface area contributed by atoms with Crippen LogP contribution in [0.1, 0.15) is 0 Å². The molecule has 0 aliphatic carbocycles. The molecule has 120 valence electrons. The highest BCUT2D eigenvalue weighted by molar-refractivity contribution is 7.92. The van der Waals surface area contributed by atoms with E-state index in [0.29, 0.717) is 24.5 Å². The second-order valence-electron chi connectivity index (χ2n) is 5.19. The van der Waals surface area contributed by atoms with Gasteiger partial charge in [0, 0.05) is 24.5 Å². The number of hydrogen-bond donors (Lipinski definition) is 2. The number of carbonyl (C=O) groups is 1. The van der Waals surface area contributed by atoms with Crippen molar-refractivity contribution in [1.29, 1.82) is 0 Å². The van der Waals surface area contributed by atoms with E-state index in [1.165, 1.54) is 12.1 Å². The van der Waals surface area contributed by atoms with Crippen molar-refractivity contribution in [3.63, 3.8) is 0 Å². The topological polar surface area (TPSA) is 78.5 Å². The lowest BCUT2D eigenvalue weighted by atomic mass is 10.2. The maximum absolute atomic E-state index is 12.4. The van der Waals surface area contributed by atoms with Gasteiger partial charge in [-0.15, -0.1) is 0 Å². The van der Waals surface area contributed by atoms with Crippen LogP contribution in [0, 0.1) is 0 Å². The van der Waals surface area contributed by atoms with Crippen molar-refractivity contribution in [2.75, 3.05) is 29.3 Å². The predicted molar refractivity (Wildman–Crippen MR) is 88.9 cm³/mol. The van der Waals surface area contributed by atoms with Crippen molar-refractivity contribution < 1.29 is 13.2 Å². The number of carbonyl (C=O) groups excluding carboxylic acids is 1. The highest BCUT2D eigenvalue weighted by Gasteiger charge is 2.20. The minimum Gasteiger partial charge on any atom is -0.310 e. The molecule has 0 saturated carbocycles. The van der Waals surface area contributed by atoms with Gasteiger partial charge in [-0.2, -0.15) is 0 Å². The molecule has 0 aromatic heterocycles. The number of rotatable bonds is 4. The maximum Gasteiger partial charge on any atom is 0.261 e. The molecule has 0 radical (unpaired) electrons. The van der Waals surface area contributed by atoms with Crippen molar-refractivity contribution in [1.82, 2.24) is 5.32 Å². The van der Waals surface area contributed by atoms with E-state index in [1.54, 1.807) is 41.3 Å². The van der Waals surface area contributed by atoms with Gasteiger partial charge < -0.3 is 10.2 Å². The Hall–Kier alpha value is -2.38. The fourth-order valence-corrected chi connectivity index (χ4v) is 3.46. The monoisotopic (exact) mass is 331 g/mol. The number of piperazine rings is 1. The number of anilines is 2. The number of benzene rings is 2. The van der Waals surface area contributed by atoms with Gasteiger partial charge >= 0.3 is 0 Å². The Bertz CT molecular complexity index is 789. The van der Waals surface area contributed by atoms with Gasteiger partial charge in [0.25, 0.3) is 10.0 Å². The molecule has 1 heterocycles. The number of para-hydroxylation sites is 1. The van der Waals surface area contributed by atoms with Crippen LogP contribution < -0.4 is 14.9 Å². The molecule has 7 heteroatoms. The van der Waals surface area contributed by atoms with E-state index in [1.807, 2.05) is 6.07 Å². The largest absolute Gasteiger partial charge is 0.310 e. The Balaban J connectivity index is 1.80. The lowest BCUT2D eigenvalue weighted by Crippen LogP contribution is -2.48. The van der Waals surface area contributed by atoms with E-state index < -0.39 is 10.0 Å². The second kappa shape index (κ2) is 6.39. The lowest BCUT2D eigenvalue weighted by Gasteiger charge is -2.27. The van der Waals surface area contributed by atoms with Gasteiger partial charge in [0.2, 0.25) is 5.91 Å². The average molecular weight is 331 g/mol. The second-order valence-corrected chi connectivity index (χ2v) is 6.87. The van der Waals surface area contributed by atoms with Crippen LogP contribution in [-0.4, -0.2) is 34.0 Å². The molecule has 2 N–H and O–H groups in total. The van der Waals surface area contributed by atoms with E-state index in [4.69, 9.17) is 0 Å². The Morgan fingerprint density at radius 1 is 1.00 bits per heavy atom. The minimum absolute atomic E-state index is 0.0192. The van der Waals surface area contributed by atoms with Crippen molar-refractivity contribution in [2.45, 2.75) is 4.90 Å². The molecule has 1 amide bonds. The molecule has 2 aromatic carbocycles. The van der Waals surface area contributed by atoms with Gasteiger partial charge in [0.05, 0.1) is 11.4 Å². The van der Waals surface area contributed by atoms with Crippen LogP contribution in [0.4, 0.5) is 11.4 Å². The zero-order chi connectivity index (χ0) is 16.3. The number of hydrogen-bond acceptors (Lipinski definition) is 4. The molecule has 1 aliphatic heterocycles. The van der Waals surface area contributed by atoms with Crippen molar-refractivity contribution in [2.24, 2.45) is 0 Å². The van der Waals surface area contributed by atoms with Crippen LogP contribution >= 0.6 is 0 Å². The summed E-state index contributed by atoms with van der Waals surface area (Å²) in [5.74, 6) is -0.0192. The van der Waals surface area contributed by atoms with Crippen LogP contribution in [-0.2, 0) is 14.8 Å². The number of nitrogens with one attached hydrogen (secondary N) is 2. The van der Waals surface area contributed by atoms with Crippen molar-refractivity contribution in [3.8, 4) is 0 Å². The summed E-state index contributed by atoms with van der Waals surface area (Å²) in [6.45, 7) is 1.60. The summed E-state index contributed by atoms with van der Waals surface area (Å²) in [5.41, 5.74) is 1.21. The molecule has 2 aromatic rings. The molecule has 0 spiro atoms. The van der Waals surface area contributed by atoms with Gasteiger partial charge in [0.1, 0.15) is 0 Å². The number of nitrogens with zero attached hydrogens (tertiary/aromatic N) is 1. The van der Waals surface area contributed by atoms with Gasteiger partial charge in [-0.05, 0) is 36.4 Å². The first-order valence-corrected chi connectivity index (χ1v) is 8.74. The first kappa shape index (κ1) is 15.5. The summed E-state index contributed by atoms with van der Waals surface area (Å²) in [5, 5.41) is 3.00. The average Bonchev–Trinajstić information content (AvgIpc) is 2.56. The standard InChI is InChI=1S/C16H17N3O3S/c20-16-12-17-10-11-19(16)14-6-8-15(9-7-14)23(21,22)18-13-4-2-1-3-5-13/h1-9,17-18H,10-12H2. The zero-order valence-electron chi connectivity index (χ0n) is 12.4. The summed E-state index contributed by atoms with van der Waals surface area (Å²) in [4.78, 5) is 13.7. The SMILES string of the molecule is O=C1CNCCN1c1ccc(S(=O)(=O)Nc2ccccc2)cc1. The molecule has 3 rings (SSSR count). The zero-order valence-corrected chi connectivity index (χ0v) is 13.2. The molecule has 6 nitrogen and oxygen atoms in total. The van der Waals surface area contributed by atoms with E-state index in [0.717, 1.165) is 6.54 Å². The van der Waals surface area contributed by atoms with Gasteiger partial charge in [0.15, 0.2) is 0 Å². The molecule has 0 unspecified atom stereocenters. The molecule has 1 saturated heterocycles. The van der Waals surface area contributed by atoms with E-state index in [-0.39, 0.29) is 10.8 Å². The first-order valence-electron chi connectivity index (χ1n) is 7.25. The number of sulfonamides is 1. The quantitative estimate of drug-likeness (QED) is 0.888. The molecule has 23 heavy (non-hydrogen) atoms. The minimum atomic E-state index is -3.64. The molecular weight excluding hydrogens is 314 g/mol. The van der Waals surface area contributed by atoms with E-state index in [2.05, 4.69) is 10.0 Å². The summed E-state index contributed by atoms with van der Waals surface area (Å²) in [6.07, 6.45) is 0. The summed E-state index contributed by atoms with van der Waals surface area (Å²) in [6, 6.07) is 15.0. The molecular formula is C16H17N3O3S. The van der Waals surface area contributed by atoms with Crippen LogP contribution in [0.15, 0.2) is 59.5 Å². The Labute approximate surface area is 135 Å². The predicted octanol–water partition coefficient (Wildman–Crippen LogP) is 1.42. The Morgan fingerprint density at radius 2 is 1.70 bits per heavy atom. The third kappa shape index (κ3) is 3.52.